The minimum atomic E-state index is -0.897. The van der Waals surface area contributed by atoms with Crippen LogP contribution in [0.4, 0.5) is 10.5 Å². The van der Waals surface area contributed by atoms with Crippen LogP contribution >= 0.6 is 0 Å². The molecule has 0 aromatic heterocycles. The number of likely N-dealkylation sites (N-methyl/N-ethyl adjacent to an activating group) is 1. The molecule has 1 atom stereocenters. The van der Waals surface area contributed by atoms with Crippen molar-refractivity contribution in [3.8, 4) is 0 Å². The quantitative estimate of drug-likeness (QED) is 0.551. The van der Waals surface area contributed by atoms with E-state index in [1.54, 1.807) is 20.8 Å². The van der Waals surface area contributed by atoms with Crippen LogP contribution in [-0.4, -0.2) is 49.2 Å². The van der Waals surface area contributed by atoms with Crippen LogP contribution in [0.1, 0.15) is 46.1 Å². The molecular formula is C21H34N4O4. The van der Waals surface area contributed by atoms with Crippen molar-refractivity contribution in [1.29, 1.82) is 0 Å². The zero-order valence-electron chi connectivity index (χ0n) is 18.1. The van der Waals surface area contributed by atoms with Crippen molar-refractivity contribution in [2.24, 2.45) is 5.73 Å². The molecular weight excluding hydrogens is 372 g/mol. The van der Waals surface area contributed by atoms with Crippen LogP contribution in [0.5, 0.6) is 0 Å². The highest BCUT2D eigenvalue weighted by atomic mass is 16.6. The lowest BCUT2D eigenvalue weighted by Crippen LogP contribution is -2.49. The first-order chi connectivity index (χ1) is 13.5. The Balaban J connectivity index is 2.67. The summed E-state index contributed by atoms with van der Waals surface area (Å²) in [5.74, 6) is -0.913. The fourth-order valence-electron chi connectivity index (χ4n) is 2.81. The summed E-state index contributed by atoms with van der Waals surface area (Å²) in [4.78, 5) is 37.9. The largest absolute Gasteiger partial charge is 0.444 e. The molecule has 0 spiro atoms. The first-order valence-electron chi connectivity index (χ1n) is 9.89. The Morgan fingerprint density at radius 3 is 2.41 bits per heavy atom. The van der Waals surface area contributed by atoms with E-state index >= 15 is 0 Å². The molecule has 8 heteroatoms. The predicted octanol–water partition coefficient (Wildman–Crippen LogP) is 2.10. The number of nitrogens with one attached hydrogen (secondary N) is 2. The van der Waals surface area contributed by atoms with Crippen molar-refractivity contribution in [3.05, 3.63) is 29.8 Å². The second kappa shape index (κ2) is 11.3. The molecule has 0 radical (unpaired) electrons. The molecule has 3 amide bonds. The molecule has 162 valence electrons. The third kappa shape index (κ3) is 9.32. The summed E-state index contributed by atoms with van der Waals surface area (Å²) in [5.41, 5.74) is 6.77. The summed E-state index contributed by atoms with van der Waals surface area (Å²) in [6.45, 7) is 11.1. The van der Waals surface area contributed by atoms with Gasteiger partial charge in [-0.05, 0) is 52.7 Å². The molecule has 0 saturated carbocycles. The van der Waals surface area contributed by atoms with Gasteiger partial charge >= 0.3 is 6.09 Å². The number of carbonyl (C=O) groups excluding carboxylic acids is 3. The number of rotatable bonds is 10. The van der Waals surface area contributed by atoms with Crippen LogP contribution in [0.2, 0.25) is 0 Å². The van der Waals surface area contributed by atoms with E-state index in [1.807, 2.05) is 38.1 Å². The van der Waals surface area contributed by atoms with Gasteiger partial charge in [-0.1, -0.05) is 18.2 Å². The van der Waals surface area contributed by atoms with Crippen molar-refractivity contribution in [3.63, 3.8) is 0 Å². The van der Waals surface area contributed by atoms with Gasteiger partial charge in [-0.25, -0.2) is 4.79 Å². The fraction of sp³-hybridized carbons (Fsp3) is 0.571. The fourth-order valence-corrected chi connectivity index (χ4v) is 2.81. The van der Waals surface area contributed by atoms with Crippen molar-refractivity contribution in [1.82, 2.24) is 10.6 Å². The third-order valence-electron chi connectivity index (χ3n) is 4.21. The Labute approximate surface area is 173 Å². The highest BCUT2D eigenvalue weighted by Gasteiger charge is 2.24. The molecule has 0 aliphatic heterocycles. The van der Waals surface area contributed by atoms with E-state index in [0.29, 0.717) is 13.1 Å². The van der Waals surface area contributed by atoms with Gasteiger partial charge in [0.2, 0.25) is 11.8 Å². The van der Waals surface area contributed by atoms with E-state index in [1.165, 1.54) is 0 Å². The Kier molecular flexibility index (Phi) is 9.44. The number of ether oxygens (including phenoxy) is 1. The minimum Gasteiger partial charge on any atom is -0.444 e. The SMILES string of the molecule is CCN(CCNC(=O)[C@@H](CCC(N)=O)NC(=O)OC(C)(C)C)c1ccccc1C. The van der Waals surface area contributed by atoms with E-state index in [4.69, 9.17) is 10.5 Å². The summed E-state index contributed by atoms with van der Waals surface area (Å²) in [5, 5.41) is 5.35. The number of alkyl carbamates (subject to hydrolysis) is 1. The van der Waals surface area contributed by atoms with Crippen LogP contribution in [0.15, 0.2) is 24.3 Å². The van der Waals surface area contributed by atoms with E-state index < -0.39 is 23.6 Å². The summed E-state index contributed by atoms with van der Waals surface area (Å²) >= 11 is 0. The van der Waals surface area contributed by atoms with Gasteiger partial charge in [-0.3, -0.25) is 9.59 Å². The maximum Gasteiger partial charge on any atom is 0.408 e. The standard InChI is InChI=1S/C21H34N4O4/c1-6-25(17-10-8-7-9-15(17)2)14-13-23-19(27)16(11-12-18(22)26)24-20(28)29-21(3,4)5/h7-10,16H,6,11-14H2,1-5H3,(H2,22,26)(H,23,27)(H,24,28)/t16-/m1/s1. The highest BCUT2D eigenvalue weighted by molar-refractivity contribution is 5.86. The first-order valence-corrected chi connectivity index (χ1v) is 9.89. The second-order valence-electron chi connectivity index (χ2n) is 7.86. The van der Waals surface area contributed by atoms with E-state index in [2.05, 4.69) is 15.5 Å². The Morgan fingerprint density at radius 1 is 1.21 bits per heavy atom. The number of primary amides is 1. The third-order valence-corrected chi connectivity index (χ3v) is 4.21. The number of hydrogen-bond acceptors (Lipinski definition) is 5. The molecule has 0 fully saturated rings. The molecule has 0 unspecified atom stereocenters. The van der Waals surface area contributed by atoms with Crippen LogP contribution < -0.4 is 21.3 Å². The van der Waals surface area contributed by atoms with Crippen LogP contribution in [0, 0.1) is 6.92 Å². The Morgan fingerprint density at radius 2 is 1.86 bits per heavy atom. The van der Waals surface area contributed by atoms with Gasteiger partial charge in [0, 0.05) is 31.7 Å². The molecule has 4 N–H and O–H groups in total. The monoisotopic (exact) mass is 406 g/mol. The number of nitrogens with zero attached hydrogens (tertiary/aromatic N) is 1. The topological polar surface area (TPSA) is 114 Å². The van der Waals surface area contributed by atoms with Crippen LogP contribution in [-0.2, 0) is 14.3 Å². The number of hydrogen-bond donors (Lipinski definition) is 3. The van der Waals surface area contributed by atoms with Crippen molar-refractivity contribution < 1.29 is 19.1 Å². The van der Waals surface area contributed by atoms with Gasteiger partial charge < -0.3 is 26.0 Å². The number of para-hydroxylation sites is 1. The van der Waals surface area contributed by atoms with Gasteiger partial charge in [0.25, 0.3) is 0 Å². The molecule has 1 rings (SSSR count). The van der Waals surface area contributed by atoms with Crippen molar-refractivity contribution in [2.75, 3.05) is 24.5 Å². The molecule has 0 saturated heterocycles. The second-order valence-corrected chi connectivity index (χ2v) is 7.86. The maximum atomic E-state index is 12.6. The smallest absolute Gasteiger partial charge is 0.408 e. The molecule has 0 bridgehead atoms. The predicted molar refractivity (Wildman–Crippen MR) is 114 cm³/mol. The lowest BCUT2D eigenvalue weighted by molar-refractivity contribution is -0.123. The maximum absolute atomic E-state index is 12.6. The number of nitrogens with two attached hydrogens (primary N) is 1. The molecule has 0 heterocycles. The molecule has 0 aliphatic rings. The van der Waals surface area contributed by atoms with Gasteiger partial charge in [0.05, 0.1) is 0 Å². The van der Waals surface area contributed by atoms with E-state index in [9.17, 15) is 14.4 Å². The zero-order valence-corrected chi connectivity index (χ0v) is 18.1. The molecule has 1 aromatic rings. The molecule has 8 nitrogen and oxygen atoms in total. The first kappa shape index (κ1) is 24.3. The Hall–Kier alpha value is -2.77. The molecule has 29 heavy (non-hydrogen) atoms. The molecule has 0 aliphatic carbocycles. The van der Waals surface area contributed by atoms with Crippen LogP contribution in [0.25, 0.3) is 0 Å². The number of aryl methyl sites for hydroxylation is 1. The number of anilines is 1. The lowest BCUT2D eigenvalue weighted by atomic mass is 10.1. The minimum absolute atomic E-state index is 0.0157. The Bertz CT molecular complexity index is 700. The summed E-state index contributed by atoms with van der Waals surface area (Å²) in [6.07, 6.45) is -0.620. The molecule has 1 aromatic carbocycles. The van der Waals surface area contributed by atoms with Crippen molar-refractivity contribution in [2.45, 2.75) is 59.1 Å². The van der Waals surface area contributed by atoms with E-state index in [0.717, 1.165) is 17.8 Å². The van der Waals surface area contributed by atoms with Gasteiger partial charge in [-0.15, -0.1) is 0 Å². The average molecular weight is 407 g/mol. The lowest BCUT2D eigenvalue weighted by Gasteiger charge is -2.26. The number of amides is 3. The van der Waals surface area contributed by atoms with Crippen LogP contribution in [0.3, 0.4) is 0 Å². The summed E-state index contributed by atoms with van der Waals surface area (Å²) in [7, 11) is 0. The van der Waals surface area contributed by atoms with E-state index in [-0.39, 0.29) is 18.7 Å². The average Bonchev–Trinajstić information content (AvgIpc) is 2.61. The van der Waals surface area contributed by atoms with Gasteiger partial charge in [0.1, 0.15) is 11.6 Å². The summed E-state index contributed by atoms with van der Waals surface area (Å²) < 4.78 is 5.20. The zero-order chi connectivity index (χ0) is 22.0. The van der Waals surface area contributed by atoms with Crippen molar-refractivity contribution >= 4 is 23.6 Å². The highest BCUT2D eigenvalue weighted by Crippen LogP contribution is 2.18. The van der Waals surface area contributed by atoms with Gasteiger partial charge in [0.15, 0.2) is 0 Å². The number of benzene rings is 1. The van der Waals surface area contributed by atoms with Gasteiger partial charge in [-0.2, -0.15) is 0 Å². The number of carbonyl (C=O) groups is 3. The summed E-state index contributed by atoms with van der Waals surface area (Å²) in [6, 6.07) is 7.15. The normalized spacial score (nSPS) is 12.0.